The molecule has 0 radical (unpaired) electrons. The molecule has 1 aliphatic carbocycles. The van der Waals surface area contributed by atoms with E-state index in [9.17, 15) is 0 Å². The monoisotopic (exact) mass is 265 g/mol. The topological polar surface area (TPSA) is 3.24 Å². The zero-order valence-corrected chi connectivity index (χ0v) is 10.5. The van der Waals surface area contributed by atoms with Crippen LogP contribution in [0.4, 0.5) is 5.69 Å². The summed E-state index contributed by atoms with van der Waals surface area (Å²) in [6.07, 6.45) is 5.57. The third-order valence-electron chi connectivity index (χ3n) is 3.74. The van der Waals surface area contributed by atoms with Gasteiger partial charge in [0, 0.05) is 23.2 Å². The van der Waals surface area contributed by atoms with Crippen molar-refractivity contribution < 1.29 is 0 Å². The molecular weight excluding hydrogens is 250 g/mol. The molecule has 0 unspecified atom stereocenters. The van der Waals surface area contributed by atoms with E-state index < -0.39 is 0 Å². The van der Waals surface area contributed by atoms with E-state index in [1.54, 1.807) is 0 Å². The van der Waals surface area contributed by atoms with Gasteiger partial charge in [-0.3, -0.25) is 0 Å². The van der Waals surface area contributed by atoms with E-state index in [2.05, 4.69) is 39.0 Å². The molecule has 1 aromatic rings. The first kappa shape index (κ1) is 9.71. The third-order valence-corrected chi connectivity index (χ3v) is 4.23. The van der Waals surface area contributed by atoms with Gasteiger partial charge < -0.3 is 4.90 Å². The maximum absolute atomic E-state index is 3.54. The fourth-order valence-electron chi connectivity index (χ4n) is 2.62. The predicted molar refractivity (Wildman–Crippen MR) is 67.4 cm³/mol. The van der Waals surface area contributed by atoms with Crippen LogP contribution in [0.1, 0.15) is 24.8 Å². The van der Waals surface area contributed by atoms with Gasteiger partial charge in [0.1, 0.15) is 0 Å². The Hall–Kier alpha value is -0.500. The molecule has 2 aliphatic rings. The lowest BCUT2D eigenvalue weighted by molar-refractivity contribution is 0.319. The van der Waals surface area contributed by atoms with Crippen LogP contribution in [0.2, 0.25) is 0 Å². The summed E-state index contributed by atoms with van der Waals surface area (Å²) in [7, 11) is 0. The van der Waals surface area contributed by atoms with Gasteiger partial charge in [0.15, 0.2) is 0 Å². The van der Waals surface area contributed by atoms with Crippen LogP contribution in [-0.2, 0) is 6.42 Å². The van der Waals surface area contributed by atoms with Gasteiger partial charge in [0.25, 0.3) is 0 Å². The summed E-state index contributed by atoms with van der Waals surface area (Å²) in [6, 6.07) is 6.71. The average molecular weight is 266 g/mol. The quantitative estimate of drug-likeness (QED) is 0.790. The fourth-order valence-corrected chi connectivity index (χ4v) is 3.02. The van der Waals surface area contributed by atoms with Crippen molar-refractivity contribution in [3.05, 3.63) is 28.2 Å². The maximum Gasteiger partial charge on any atom is 0.0400 e. The molecule has 0 aromatic heterocycles. The first-order valence-electron chi connectivity index (χ1n) is 5.86. The summed E-state index contributed by atoms with van der Waals surface area (Å²) in [6.45, 7) is 2.51. The summed E-state index contributed by atoms with van der Waals surface area (Å²) >= 11 is 3.54. The van der Waals surface area contributed by atoms with E-state index >= 15 is 0 Å². The van der Waals surface area contributed by atoms with E-state index in [1.165, 1.54) is 54.5 Å². The van der Waals surface area contributed by atoms with Crippen LogP contribution in [0.3, 0.4) is 0 Å². The van der Waals surface area contributed by atoms with Crippen molar-refractivity contribution in [2.75, 3.05) is 18.0 Å². The Balaban J connectivity index is 1.78. The van der Waals surface area contributed by atoms with Crippen LogP contribution >= 0.6 is 15.9 Å². The number of fused-ring (bicyclic) bond motifs is 1. The van der Waals surface area contributed by atoms with Gasteiger partial charge in [-0.1, -0.05) is 22.4 Å². The second-order valence-electron chi connectivity index (χ2n) is 4.77. The van der Waals surface area contributed by atoms with Crippen molar-refractivity contribution in [1.29, 1.82) is 0 Å². The van der Waals surface area contributed by atoms with Gasteiger partial charge in [-0.25, -0.2) is 0 Å². The molecule has 0 spiro atoms. The zero-order valence-electron chi connectivity index (χ0n) is 8.88. The minimum Gasteiger partial charge on any atom is -0.371 e. The number of rotatable bonds is 2. The standard InChI is InChI=1S/C13H16BrN/c14-12-4-5-13-11(8-12)6-7-15(13)9-10-2-1-3-10/h4-5,8,10H,1-3,6-7,9H2. The Bertz CT molecular complexity index is 371. The molecule has 1 heterocycles. The zero-order chi connectivity index (χ0) is 10.3. The first-order valence-corrected chi connectivity index (χ1v) is 6.65. The molecule has 80 valence electrons. The summed E-state index contributed by atoms with van der Waals surface area (Å²) in [5.74, 6) is 0.972. The summed E-state index contributed by atoms with van der Waals surface area (Å²) in [4.78, 5) is 2.58. The Morgan fingerprint density at radius 1 is 1.33 bits per heavy atom. The molecular formula is C13H16BrN. The molecule has 1 aromatic carbocycles. The van der Waals surface area contributed by atoms with Crippen molar-refractivity contribution in [3.8, 4) is 0 Å². The average Bonchev–Trinajstić information content (AvgIpc) is 2.54. The Kier molecular flexibility index (Phi) is 2.47. The number of halogens is 1. The van der Waals surface area contributed by atoms with Crippen LogP contribution in [0.5, 0.6) is 0 Å². The minimum absolute atomic E-state index is 0.972. The van der Waals surface area contributed by atoms with Crippen molar-refractivity contribution in [1.82, 2.24) is 0 Å². The molecule has 2 heteroatoms. The van der Waals surface area contributed by atoms with E-state index in [-0.39, 0.29) is 0 Å². The van der Waals surface area contributed by atoms with Crippen molar-refractivity contribution in [2.45, 2.75) is 25.7 Å². The highest BCUT2D eigenvalue weighted by atomic mass is 79.9. The van der Waals surface area contributed by atoms with Gasteiger partial charge in [-0.15, -0.1) is 0 Å². The van der Waals surface area contributed by atoms with E-state index in [4.69, 9.17) is 0 Å². The van der Waals surface area contributed by atoms with Gasteiger partial charge in [-0.2, -0.15) is 0 Å². The number of benzene rings is 1. The van der Waals surface area contributed by atoms with Crippen LogP contribution in [0.25, 0.3) is 0 Å². The predicted octanol–water partition coefficient (Wildman–Crippen LogP) is 3.61. The molecule has 0 bridgehead atoms. The van der Waals surface area contributed by atoms with E-state index in [0.29, 0.717) is 0 Å². The second-order valence-corrected chi connectivity index (χ2v) is 5.68. The lowest BCUT2D eigenvalue weighted by Gasteiger charge is -2.31. The second kappa shape index (κ2) is 3.82. The normalized spacial score (nSPS) is 20.2. The van der Waals surface area contributed by atoms with Gasteiger partial charge in [-0.05, 0) is 48.9 Å². The van der Waals surface area contributed by atoms with Crippen LogP contribution < -0.4 is 4.90 Å². The molecule has 1 saturated carbocycles. The smallest absolute Gasteiger partial charge is 0.0400 e. The highest BCUT2D eigenvalue weighted by molar-refractivity contribution is 9.10. The van der Waals surface area contributed by atoms with Crippen LogP contribution in [-0.4, -0.2) is 13.1 Å². The number of hydrogen-bond donors (Lipinski definition) is 0. The molecule has 0 N–H and O–H groups in total. The fraction of sp³-hybridized carbons (Fsp3) is 0.538. The largest absolute Gasteiger partial charge is 0.371 e. The Morgan fingerprint density at radius 2 is 2.20 bits per heavy atom. The van der Waals surface area contributed by atoms with Crippen LogP contribution in [0, 0.1) is 5.92 Å². The van der Waals surface area contributed by atoms with Crippen molar-refractivity contribution in [2.24, 2.45) is 5.92 Å². The van der Waals surface area contributed by atoms with E-state index in [1.807, 2.05) is 0 Å². The highest BCUT2D eigenvalue weighted by Gasteiger charge is 2.25. The number of hydrogen-bond acceptors (Lipinski definition) is 1. The lowest BCUT2D eigenvalue weighted by atomic mass is 9.85. The molecule has 0 atom stereocenters. The Morgan fingerprint density at radius 3 is 2.93 bits per heavy atom. The molecule has 3 rings (SSSR count). The summed E-state index contributed by atoms with van der Waals surface area (Å²) < 4.78 is 1.21. The third kappa shape index (κ3) is 1.80. The number of nitrogens with zero attached hydrogens (tertiary/aromatic N) is 1. The molecule has 0 amide bonds. The van der Waals surface area contributed by atoms with Crippen molar-refractivity contribution in [3.63, 3.8) is 0 Å². The van der Waals surface area contributed by atoms with E-state index in [0.717, 1.165) is 5.92 Å². The minimum atomic E-state index is 0.972. The summed E-state index contributed by atoms with van der Waals surface area (Å²) in [5, 5.41) is 0. The molecule has 1 fully saturated rings. The van der Waals surface area contributed by atoms with Crippen LogP contribution in [0.15, 0.2) is 22.7 Å². The summed E-state index contributed by atoms with van der Waals surface area (Å²) in [5.41, 5.74) is 2.99. The highest BCUT2D eigenvalue weighted by Crippen LogP contribution is 2.34. The number of anilines is 1. The van der Waals surface area contributed by atoms with Gasteiger partial charge in [0.05, 0.1) is 0 Å². The molecule has 15 heavy (non-hydrogen) atoms. The van der Waals surface area contributed by atoms with Gasteiger partial charge in [0.2, 0.25) is 0 Å². The molecule has 1 aliphatic heterocycles. The van der Waals surface area contributed by atoms with Crippen molar-refractivity contribution >= 4 is 21.6 Å². The molecule has 1 nitrogen and oxygen atoms in total. The Labute approximate surface area is 99.6 Å². The molecule has 0 saturated heterocycles. The first-order chi connectivity index (χ1) is 7.33. The lowest BCUT2D eigenvalue weighted by Crippen LogP contribution is -2.31. The van der Waals surface area contributed by atoms with Gasteiger partial charge >= 0.3 is 0 Å². The maximum atomic E-state index is 3.54. The SMILES string of the molecule is Brc1ccc2c(c1)CCN2CC1CCC1.